The summed E-state index contributed by atoms with van der Waals surface area (Å²) in [6.07, 6.45) is 15.5. The zero-order chi connectivity index (χ0) is 18.0. The maximum Gasteiger partial charge on any atom is -0.0279 e. The van der Waals surface area contributed by atoms with Crippen molar-refractivity contribution in [3.8, 4) is 0 Å². The molecule has 0 heterocycles. The molecule has 0 aromatic heterocycles. The first-order chi connectivity index (χ1) is 12.3. The Labute approximate surface area is 162 Å². The summed E-state index contributed by atoms with van der Waals surface area (Å²) in [5.41, 5.74) is 2.82. The minimum absolute atomic E-state index is 0. The summed E-state index contributed by atoms with van der Waals surface area (Å²) in [7, 11) is 0. The van der Waals surface area contributed by atoms with E-state index in [-0.39, 0.29) is 5.48 Å². The lowest BCUT2D eigenvalue weighted by Crippen LogP contribution is -1.86. The molecule has 2 N–H and O–H groups in total. The molecule has 0 spiro atoms. The lowest BCUT2D eigenvalue weighted by Gasteiger charge is -2.03. The van der Waals surface area contributed by atoms with Crippen molar-refractivity contribution in [2.24, 2.45) is 0 Å². The van der Waals surface area contributed by atoms with Gasteiger partial charge in [-0.3, -0.25) is 0 Å². The van der Waals surface area contributed by atoms with Crippen LogP contribution in [0.5, 0.6) is 0 Å². The molecule has 0 amide bonds. The first-order valence-electron chi connectivity index (χ1n) is 10.4. The lowest BCUT2D eigenvalue weighted by atomic mass is 10.0. The molecule has 0 radical (unpaired) electrons. The molecule has 0 bridgehead atoms. The van der Waals surface area contributed by atoms with Crippen molar-refractivity contribution >= 4 is 0 Å². The molecular weight excluding hydrogens is 316 g/mol. The summed E-state index contributed by atoms with van der Waals surface area (Å²) in [6.45, 7) is 4.37. The summed E-state index contributed by atoms with van der Waals surface area (Å²) in [5, 5.41) is 0. The minimum atomic E-state index is 0. The predicted molar refractivity (Wildman–Crippen MR) is 117 cm³/mol. The van der Waals surface area contributed by atoms with Gasteiger partial charge in [0.1, 0.15) is 0 Å². The van der Waals surface area contributed by atoms with E-state index in [1.54, 1.807) is 0 Å². The summed E-state index contributed by atoms with van der Waals surface area (Å²) in [5.74, 6) is 0. The molecule has 0 unspecified atom stereocenters. The van der Waals surface area contributed by atoms with Crippen molar-refractivity contribution < 1.29 is 5.48 Å². The lowest BCUT2D eigenvalue weighted by molar-refractivity contribution is 0.556. The third-order valence-electron chi connectivity index (χ3n) is 4.60. The fraction of sp³-hybridized carbons (Fsp3) is 0.520. The Bertz CT molecular complexity index is 492. The van der Waals surface area contributed by atoms with Gasteiger partial charge in [0.05, 0.1) is 0 Å². The number of benzene rings is 2. The van der Waals surface area contributed by atoms with Crippen molar-refractivity contribution in [1.82, 2.24) is 0 Å². The highest BCUT2D eigenvalue weighted by Gasteiger charge is 1.94. The van der Waals surface area contributed by atoms with E-state index in [1.165, 1.54) is 81.8 Å². The quantitative estimate of drug-likeness (QED) is 0.378. The minimum Gasteiger partial charge on any atom is -0.412 e. The molecule has 2 aromatic rings. The Kier molecular flexibility index (Phi) is 17.1. The molecule has 2 rings (SSSR count). The molecule has 0 aliphatic heterocycles. The highest BCUT2D eigenvalue weighted by molar-refractivity contribution is 5.14. The van der Waals surface area contributed by atoms with Gasteiger partial charge in [0, 0.05) is 0 Å². The molecular formula is C25H40O. The van der Waals surface area contributed by atoms with Gasteiger partial charge >= 0.3 is 0 Å². The average Bonchev–Trinajstić information content (AvgIpc) is 2.65. The van der Waals surface area contributed by atoms with Gasteiger partial charge in [-0.1, -0.05) is 131 Å². The SMILES string of the molecule is CCCCCCCCCCCCc1ccccc1.Cc1ccccc1.O. The molecule has 0 saturated heterocycles. The molecule has 1 nitrogen and oxygen atoms in total. The summed E-state index contributed by atoms with van der Waals surface area (Å²) < 4.78 is 0. The summed E-state index contributed by atoms with van der Waals surface area (Å²) in [6, 6.07) is 21.1. The fourth-order valence-corrected chi connectivity index (χ4v) is 3.00. The van der Waals surface area contributed by atoms with Gasteiger partial charge in [-0.05, 0) is 25.3 Å². The van der Waals surface area contributed by atoms with Gasteiger partial charge < -0.3 is 5.48 Å². The Hall–Kier alpha value is -1.60. The normalized spacial score (nSPS) is 9.77. The molecule has 0 aliphatic carbocycles. The Balaban J connectivity index is 0.000000655. The van der Waals surface area contributed by atoms with Crippen LogP contribution in [0.1, 0.15) is 82.3 Å². The van der Waals surface area contributed by atoms with E-state index in [0.29, 0.717) is 0 Å². The number of hydrogen-bond donors (Lipinski definition) is 0. The summed E-state index contributed by atoms with van der Waals surface area (Å²) in [4.78, 5) is 0. The van der Waals surface area contributed by atoms with Gasteiger partial charge in [0.2, 0.25) is 0 Å². The van der Waals surface area contributed by atoms with E-state index in [9.17, 15) is 0 Å². The monoisotopic (exact) mass is 356 g/mol. The standard InChI is InChI=1S/C18H30.C7H8.H2O/c1-2-3-4-5-6-7-8-9-10-12-15-18-16-13-11-14-17-18;1-7-5-3-2-4-6-7;/h11,13-14,16-17H,2-10,12,15H2,1H3;2-6H,1H3;1H2. The third-order valence-corrected chi connectivity index (χ3v) is 4.60. The molecule has 0 fully saturated rings. The second-order valence-electron chi connectivity index (χ2n) is 7.07. The fourth-order valence-electron chi connectivity index (χ4n) is 3.00. The highest BCUT2D eigenvalue weighted by atomic mass is 16.0. The number of hydrogen-bond acceptors (Lipinski definition) is 0. The third kappa shape index (κ3) is 14.7. The number of unbranched alkanes of at least 4 members (excludes halogenated alkanes) is 9. The van der Waals surface area contributed by atoms with Crippen LogP contribution in [0.15, 0.2) is 60.7 Å². The van der Waals surface area contributed by atoms with Crippen molar-refractivity contribution in [3.05, 3.63) is 71.8 Å². The van der Waals surface area contributed by atoms with E-state index < -0.39 is 0 Å². The van der Waals surface area contributed by atoms with E-state index in [4.69, 9.17) is 0 Å². The molecule has 26 heavy (non-hydrogen) atoms. The van der Waals surface area contributed by atoms with Gasteiger partial charge in [-0.25, -0.2) is 0 Å². The zero-order valence-corrected chi connectivity index (χ0v) is 17.1. The van der Waals surface area contributed by atoms with E-state index >= 15 is 0 Å². The van der Waals surface area contributed by atoms with Crippen LogP contribution in [0.25, 0.3) is 0 Å². The molecule has 0 aliphatic rings. The van der Waals surface area contributed by atoms with Gasteiger partial charge in [0.15, 0.2) is 0 Å². The smallest absolute Gasteiger partial charge is 0.0279 e. The predicted octanol–water partition coefficient (Wildman–Crippen LogP) is 7.32. The summed E-state index contributed by atoms with van der Waals surface area (Å²) >= 11 is 0. The van der Waals surface area contributed by atoms with Crippen LogP contribution >= 0.6 is 0 Å². The van der Waals surface area contributed by atoms with Crippen LogP contribution < -0.4 is 0 Å². The van der Waals surface area contributed by atoms with Crippen LogP contribution in [0.2, 0.25) is 0 Å². The highest BCUT2D eigenvalue weighted by Crippen LogP contribution is 2.12. The van der Waals surface area contributed by atoms with Crippen LogP contribution in [0.3, 0.4) is 0 Å². The van der Waals surface area contributed by atoms with E-state index in [2.05, 4.69) is 56.3 Å². The van der Waals surface area contributed by atoms with Gasteiger partial charge in [0.25, 0.3) is 0 Å². The van der Waals surface area contributed by atoms with Crippen LogP contribution in [0.4, 0.5) is 0 Å². The van der Waals surface area contributed by atoms with Crippen molar-refractivity contribution in [3.63, 3.8) is 0 Å². The van der Waals surface area contributed by atoms with Crippen LogP contribution in [0, 0.1) is 6.92 Å². The van der Waals surface area contributed by atoms with E-state index in [0.717, 1.165) is 0 Å². The van der Waals surface area contributed by atoms with Gasteiger partial charge in [-0.2, -0.15) is 0 Å². The molecule has 146 valence electrons. The second kappa shape index (κ2) is 18.2. The first-order valence-corrected chi connectivity index (χ1v) is 10.4. The van der Waals surface area contributed by atoms with Crippen molar-refractivity contribution in [1.29, 1.82) is 0 Å². The van der Waals surface area contributed by atoms with Crippen molar-refractivity contribution in [2.45, 2.75) is 84.5 Å². The number of aryl methyl sites for hydroxylation is 2. The molecule has 2 aromatic carbocycles. The average molecular weight is 357 g/mol. The van der Waals surface area contributed by atoms with Gasteiger partial charge in [-0.15, -0.1) is 0 Å². The van der Waals surface area contributed by atoms with Crippen molar-refractivity contribution in [2.75, 3.05) is 0 Å². The largest absolute Gasteiger partial charge is 0.412 e. The zero-order valence-electron chi connectivity index (χ0n) is 17.1. The topological polar surface area (TPSA) is 31.5 Å². The first kappa shape index (κ1) is 24.4. The Morgan fingerprint density at radius 3 is 1.38 bits per heavy atom. The Morgan fingerprint density at radius 1 is 0.538 bits per heavy atom. The number of rotatable bonds is 11. The maximum atomic E-state index is 2.28. The van der Waals surface area contributed by atoms with E-state index in [1.807, 2.05) is 18.2 Å². The molecule has 0 saturated carbocycles. The Morgan fingerprint density at radius 2 is 0.962 bits per heavy atom. The van der Waals surface area contributed by atoms with Crippen LogP contribution in [-0.4, -0.2) is 5.48 Å². The molecule has 0 atom stereocenters. The second-order valence-corrected chi connectivity index (χ2v) is 7.07. The van der Waals surface area contributed by atoms with Crippen LogP contribution in [-0.2, 0) is 6.42 Å². The maximum absolute atomic E-state index is 2.28. The molecule has 1 heteroatoms.